The van der Waals surface area contributed by atoms with Gasteiger partial charge in [0, 0.05) is 6.20 Å². The Morgan fingerprint density at radius 1 is 1.22 bits per heavy atom. The number of aliphatic hydroxyl groups excluding tert-OH is 1. The number of aromatic nitrogens is 2. The Hall–Kier alpha value is -1.94. The van der Waals surface area contributed by atoms with Crippen LogP contribution in [0.5, 0.6) is 5.75 Å². The zero-order valence-corrected chi connectivity index (χ0v) is 10.4. The topological polar surface area (TPSA) is 55.2 Å². The normalized spacial score (nSPS) is 12.4. The Bertz CT molecular complexity index is 500. The predicted molar refractivity (Wildman–Crippen MR) is 68.3 cm³/mol. The summed E-state index contributed by atoms with van der Waals surface area (Å²) >= 11 is 0. The van der Waals surface area contributed by atoms with Crippen molar-refractivity contribution in [3.8, 4) is 5.75 Å². The summed E-state index contributed by atoms with van der Waals surface area (Å²) in [5.41, 5.74) is 1.33. The summed E-state index contributed by atoms with van der Waals surface area (Å²) in [4.78, 5) is 7.88. The summed E-state index contributed by atoms with van der Waals surface area (Å²) in [7, 11) is 0. The summed E-state index contributed by atoms with van der Waals surface area (Å²) in [5, 5.41) is 10.2. The van der Waals surface area contributed by atoms with Crippen molar-refractivity contribution >= 4 is 0 Å². The Morgan fingerprint density at radius 2 is 2.06 bits per heavy atom. The highest BCUT2D eigenvalue weighted by Crippen LogP contribution is 2.23. The van der Waals surface area contributed by atoms with E-state index in [9.17, 15) is 5.11 Å². The van der Waals surface area contributed by atoms with E-state index >= 15 is 0 Å². The highest BCUT2D eigenvalue weighted by molar-refractivity contribution is 5.33. The number of benzene rings is 1. The largest absolute Gasteiger partial charge is 0.491 e. The third kappa shape index (κ3) is 3.05. The molecule has 0 radical (unpaired) electrons. The van der Waals surface area contributed by atoms with E-state index in [1.165, 1.54) is 6.33 Å². The van der Waals surface area contributed by atoms with Crippen LogP contribution in [0.4, 0.5) is 0 Å². The molecule has 94 valence electrons. The van der Waals surface area contributed by atoms with E-state index in [1.807, 2.05) is 38.1 Å². The van der Waals surface area contributed by atoms with Crippen molar-refractivity contribution in [2.45, 2.75) is 26.1 Å². The van der Waals surface area contributed by atoms with E-state index in [0.29, 0.717) is 5.69 Å². The second-order valence-electron chi connectivity index (χ2n) is 4.28. The fourth-order valence-corrected chi connectivity index (χ4v) is 1.66. The maximum absolute atomic E-state index is 10.2. The van der Waals surface area contributed by atoms with Crippen LogP contribution >= 0.6 is 0 Å². The van der Waals surface area contributed by atoms with Crippen LogP contribution in [0.1, 0.15) is 31.2 Å². The molecule has 4 heteroatoms. The summed E-state index contributed by atoms with van der Waals surface area (Å²) in [6.45, 7) is 3.93. The van der Waals surface area contributed by atoms with E-state index < -0.39 is 6.10 Å². The monoisotopic (exact) mass is 244 g/mol. The van der Waals surface area contributed by atoms with Gasteiger partial charge in [0.2, 0.25) is 0 Å². The smallest absolute Gasteiger partial charge is 0.121 e. The third-order valence-corrected chi connectivity index (χ3v) is 2.43. The number of hydrogen-bond donors (Lipinski definition) is 1. The van der Waals surface area contributed by atoms with Crippen molar-refractivity contribution in [3.05, 3.63) is 54.1 Å². The molecule has 1 atom stereocenters. The zero-order valence-electron chi connectivity index (χ0n) is 10.4. The van der Waals surface area contributed by atoms with Gasteiger partial charge < -0.3 is 9.84 Å². The van der Waals surface area contributed by atoms with Crippen molar-refractivity contribution in [1.82, 2.24) is 9.97 Å². The van der Waals surface area contributed by atoms with E-state index in [-0.39, 0.29) is 6.10 Å². The van der Waals surface area contributed by atoms with Crippen molar-refractivity contribution < 1.29 is 9.84 Å². The van der Waals surface area contributed by atoms with Crippen LogP contribution in [0.15, 0.2) is 42.9 Å². The maximum Gasteiger partial charge on any atom is 0.121 e. The standard InChI is InChI=1S/C14H16N2O2/c1-10(2)18-12-5-3-4-11(8-12)14(17)13-6-7-15-9-16-13/h3-10,14,17H,1-2H3. The first-order valence-corrected chi connectivity index (χ1v) is 5.87. The van der Waals surface area contributed by atoms with Crippen molar-refractivity contribution in [2.75, 3.05) is 0 Å². The molecular weight excluding hydrogens is 228 g/mol. The second-order valence-corrected chi connectivity index (χ2v) is 4.28. The molecule has 1 unspecified atom stereocenters. The van der Waals surface area contributed by atoms with Gasteiger partial charge in [-0.15, -0.1) is 0 Å². The van der Waals surface area contributed by atoms with Gasteiger partial charge in [-0.3, -0.25) is 0 Å². The molecule has 0 amide bonds. The van der Waals surface area contributed by atoms with Gasteiger partial charge in [-0.25, -0.2) is 9.97 Å². The van der Waals surface area contributed by atoms with Gasteiger partial charge in [-0.2, -0.15) is 0 Å². The van der Waals surface area contributed by atoms with Crippen LogP contribution in [0.3, 0.4) is 0 Å². The summed E-state index contributed by atoms with van der Waals surface area (Å²) in [6, 6.07) is 9.10. The van der Waals surface area contributed by atoms with Gasteiger partial charge in [-0.1, -0.05) is 12.1 Å². The lowest BCUT2D eigenvalue weighted by molar-refractivity contribution is 0.212. The fraction of sp³-hybridized carbons (Fsp3) is 0.286. The second kappa shape index (κ2) is 5.60. The molecular formula is C14H16N2O2. The number of nitrogens with zero attached hydrogens (tertiary/aromatic N) is 2. The lowest BCUT2D eigenvalue weighted by atomic mass is 10.1. The van der Waals surface area contributed by atoms with Crippen LogP contribution < -0.4 is 4.74 Å². The molecule has 0 fully saturated rings. The molecule has 2 aromatic rings. The Morgan fingerprint density at radius 3 is 2.72 bits per heavy atom. The van der Waals surface area contributed by atoms with Gasteiger partial charge in [0.15, 0.2) is 0 Å². The van der Waals surface area contributed by atoms with Crippen LogP contribution in [0, 0.1) is 0 Å². The van der Waals surface area contributed by atoms with E-state index in [2.05, 4.69) is 9.97 Å². The number of aliphatic hydroxyl groups is 1. The fourth-order valence-electron chi connectivity index (χ4n) is 1.66. The minimum Gasteiger partial charge on any atom is -0.491 e. The van der Waals surface area contributed by atoms with Crippen LogP contribution in [0.2, 0.25) is 0 Å². The van der Waals surface area contributed by atoms with Crippen LogP contribution in [0.25, 0.3) is 0 Å². The van der Waals surface area contributed by atoms with Gasteiger partial charge in [-0.05, 0) is 37.6 Å². The molecule has 0 spiro atoms. The van der Waals surface area contributed by atoms with Crippen molar-refractivity contribution in [1.29, 1.82) is 0 Å². The minimum absolute atomic E-state index is 0.108. The number of hydrogen-bond acceptors (Lipinski definition) is 4. The Kier molecular flexibility index (Phi) is 3.89. The molecule has 0 aliphatic carbocycles. The van der Waals surface area contributed by atoms with Gasteiger partial charge in [0.25, 0.3) is 0 Å². The van der Waals surface area contributed by atoms with E-state index in [1.54, 1.807) is 12.3 Å². The average molecular weight is 244 g/mol. The quantitative estimate of drug-likeness (QED) is 0.897. The lowest BCUT2D eigenvalue weighted by Crippen LogP contribution is -2.07. The van der Waals surface area contributed by atoms with Crippen molar-refractivity contribution in [3.63, 3.8) is 0 Å². The minimum atomic E-state index is -0.760. The van der Waals surface area contributed by atoms with Gasteiger partial charge in [0.1, 0.15) is 18.2 Å². The van der Waals surface area contributed by atoms with Gasteiger partial charge >= 0.3 is 0 Å². The van der Waals surface area contributed by atoms with Crippen LogP contribution in [-0.4, -0.2) is 21.2 Å². The molecule has 2 rings (SSSR count). The molecule has 18 heavy (non-hydrogen) atoms. The highest BCUT2D eigenvalue weighted by Gasteiger charge is 2.12. The maximum atomic E-state index is 10.2. The summed E-state index contributed by atoms with van der Waals surface area (Å²) in [5.74, 6) is 0.746. The first-order chi connectivity index (χ1) is 8.66. The van der Waals surface area contributed by atoms with Crippen LogP contribution in [-0.2, 0) is 0 Å². The SMILES string of the molecule is CC(C)Oc1cccc(C(O)c2ccncn2)c1. The molecule has 1 N–H and O–H groups in total. The first-order valence-electron chi connectivity index (χ1n) is 5.87. The molecule has 1 heterocycles. The Labute approximate surface area is 106 Å². The average Bonchev–Trinajstić information content (AvgIpc) is 2.38. The van der Waals surface area contributed by atoms with E-state index in [4.69, 9.17) is 4.74 Å². The summed E-state index contributed by atoms with van der Waals surface area (Å²) in [6.07, 6.45) is 2.38. The molecule has 4 nitrogen and oxygen atoms in total. The molecule has 0 aliphatic heterocycles. The van der Waals surface area contributed by atoms with Gasteiger partial charge in [0.05, 0.1) is 11.8 Å². The zero-order chi connectivity index (χ0) is 13.0. The van der Waals surface area contributed by atoms with E-state index in [0.717, 1.165) is 11.3 Å². The molecule has 1 aromatic carbocycles. The number of rotatable bonds is 4. The molecule has 0 saturated carbocycles. The number of ether oxygens (including phenoxy) is 1. The molecule has 0 aliphatic rings. The Balaban J connectivity index is 2.23. The van der Waals surface area contributed by atoms with Crippen molar-refractivity contribution in [2.24, 2.45) is 0 Å². The first kappa shape index (κ1) is 12.5. The molecule has 0 bridgehead atoms. The third-order valence-electron chi connectivity index (χ3n) is 2.43. The predicted octanol–water partition coefficient (Wildman–Crippen LogP) is 2.35. The summed E-state index contributed by atoms with van der Waals surface area (Å²) < 4.78 is 5.60. The molecule has 0 saturated heterocycles. The highest BCUT2D eigenvalue weighted by atomic mass is 16.5. The lowest BCUT2D eigenvalue weighted by Gasteiger charge is -2.13. The molecule has 1 aromatic heterocycles.